The van der Waals surface area contributed by atoms with E-state index >= 15 is 0 Å². The van der Waals surface area contributed by atoms with Gasteiger partial charge in [-0.3, -0.25) is 9.59 Å². The Morgan fingerprint density at radius 3 is 2.34 bits per heavy atom. The lowest BCUT2D eigenvalue weighted by Crippen LogP contribution is -2.24. The standard InChI is InChI=1S/C29H35NO5/c1-29(2,3)35-28(33)19-23-18-25(23)22-13-15-24(16-14-22)30-26(31)7-5-6-20-8-10-21(11-9-20)12-17-27(32)34-4/h8-17,23,25H,5-7,18-19H2,1-4H3,(H,30,31)/b17-12+. The summed E-state index contributed by atoms with van der Waals surface area (Å²) in [4.78, 5) is 35.5. The van der Waals surface area contributed by atoms with Crippen LogP contribution in [0.2, 0.25) is 0 Å². The van der Waals surface area contributed by atoms with Crippen molar-refractivity contribution in [2.24, 2.45) is 5.92 Å². The highest BCUT2D eigenvalue weighted by Crippen LogP contribution is 2.49. The van der Waals surface area contributed by atoms with Gasteiger partial charge in [-0.25, -0.2) is 4.79 Å². The summed E-state index contributed by atoms with van der Waals surface area (Å²) in [7, 11) is 1.35. The van der Waals surface area contributed by atoms with Gasteiger partial charge in [-0.15, -0.1) is 0 Å². The normalized spacial score (nSPS) is 17.1. The second kappa shape index (κ2) is 11.8. The molecule has 2 aromatic carbocycles. The van der Waals surface area contributed by atoms with E-state index in [4.69, 9.17) is 4.74 Å². The maximum absolute atomic E-state index is 12.3. The van der Waals surface area contributed by atoms with Gasteiger partial charge >= 0.3 is 11.9 Å². The Kier molecular flexibility index (Phi) is 8.85. The highest BCUT2D eigenvalue weighted by atomic mass is 16.6. The number of benzene rings is 2. The summed E-state index contributed by atoms with van der Waals surface area (Å²) >= 11 is 0. The van der Waals surface area contributed by atoms with Crippen LogP contribution in [0.3, 0.4) is 0 Å². The summed E-state index contributed by atoms with van der Waals surface area (Å²) < 4.78 is 10.0. The highest BCUT2D eigenvalue weighted by molar-refractivity contribution is 5.90. The lowest BCUT2D eigenvalue weighted by Gasteiger charge is -2.19. The molecule has 0 aromatic heterocycles. The van der Waals surface area contributed by atoms with Crippen LogP contribution >= 0.6 is 0 Å². The molecule has 0 aliphatic heterocycles. The predicted octanol–water partition coefficient (Wildman–Crippen LogP) is 5.67. The number of rotatable bonds is 10. The molecule has 186 valence electrons. The maximum atomic E-state index is 12.3. The molecule has 1 amide bonds. The quantitative estimate of drug-likeness (QED) is 0.352. The summed E-state index contributed by atoms with van der Waals surface area (Å²) in [6, 6.07) is 15.8. The van der Waals surface area contributed by atoms with E-state index in [1.807, 2.05) is 69.3 Å². The zero-order valence-corrected chi connectivity index (χ0v) is 21.0. The Labute approximate surface area is 207 Å². The van der Waals surface area contributed by atoms with Crippen molar-refractivity contribution in [3.63, 3.8) is 0 Å². The molecule has 6 heteroatoms. The van der Waals surface area contributed by atoms with E-state index in [1.165, 1.54) is 18.7 Å². The van der Waals surface area contributed by atoms with Crippen molar-refractivity contribution in [2.45, 2.75) is 64.4 Å². The second-order valence-electron chi connectivity index (χ2n) is 10.0. The van der Waals surface area contributed by atoms with E-state index in [0.717, 1.165) is 36.1 Å². The average molecular weight is 478 g/mol. The van der Waals surface area contributed by atoms with Gasteiger partial charge in [0.05, 0.1) is 7.11 Å². The Balaban J connectivity index is 1.37. The third-order valence-corrected chi connectivity index (χ3v) is 5.86. The molecule has 6 nitrogen and oxygen atoms in total. The van der Waals surface area contributed by atoms with E-state index in [0.29, 0.717) is 24.7 Å². The molecular weight excluding hydrogens is 442 g/mol. The number of esters is 2. The minimum Gasteiger partial charge on any atom is -0.466 e. The third kappa shape index (κ3) is 9.04. The van der Waals surface area contributed by atoms with Crippen LogP contribution in [0.5, 0.6) is 0 Å². The minimum absolute atomic E-state index is 0.00962. The van der Waals surface area contributed by atoms with Gasteiger partial charge < -0.3 is 14.8 Å². The van der Waals surface area contributed by atoms with E-state index < -0.39 is 5.60 Å². The number of carbonyl (C=O) groups excluding carboxylic acids is 3. The first-order chi connectivity index (χ1) is 16.6. The molecule has 2 atom stereocenters. The maximum Gasteiger partial charge on any atom is 0.330 e. The monoisotopic (exact) mass is 477 g/mol. The Bertz CT molecular complexity index is 1050. The number of methoxy groups -OCH3 is 1. The number of amides is 1. The molecule has 0 radical (unpaired) electrons. The van der Waals surface area contributed by atoms with Crippen LogP contribution in [0.1, 0.15) is 69.1 Å². The van der Waals surface area contributed by atoms with E-state index in [-0.39, 0.29) is 17.8 Å². The van der Waals surface area contributed by atoms with Crippen LogP contribution in [-0.4, -0.2) is 30.6 Å². The van der Waals surface area contributed by atoms with E-state index in [1.54, 1.807) is 6.08 Å². The van der Waals surface area contributed by atoms with Crippen molar-refractivity contribution < 1.29 is 23.9 Å². The molecule has 1 fully saturated rings. The summed E-state index contributed by atoms with van der Waals surface area (Å²) in [6.07, 6.45) is 6.52. The second-order valence-corrected chi connectivity index (χ2v) is 10.0. The molecule has 0 spiro atoms. The number of hydrogen-bond donors (Lipinski definition) is 1. The van der Waals surface area contributed by atoms with Gasteiger partial charge in [0.25, 0.3) is 0 Å². The zero-order valence-electron chi connectivity index (χ0n) is 21.0. The molecular formula is C29H35NO5. The lowest BCUT2D eigenvalue weighted by molar-refractivity contribution is -0.155. The number of hydrogen-bond acceptors (Lipinski definition) is 5. The predicted molar refractivity (Wildman–Crippen MR) is 137 cm³/mol. The molecule has 2 aromatic rings. The smallest absolute Gasteiger partial charge is 0.330 e. The van der Waals surface area contributed by atoms with E-state index in [9.17, 15) is 14.4 Å². The van der Waals surface area contributed by atoms with E-state index in [2.05, 4.69) is 10.1 Å². The van der Waals surface area contributed by atoms with Gasteiger partial charge in [-0.1, -0.05) is 36.4 Å². The van der Waals surface area contributed by atoms with Crippen LogP contribution in [-0.2, 0) is 30.3 Å². The van der Waals surface area contributed by atoms with Crippen LogP contribution in [0.4, 0.5) is 5.69 Å². The van der Waals surface area contributed by atoms with Crippen molar-refractivity contribution in [3.8, 4) is 0 Å². The SMILES string of the molecule is COC(=O)/C=C/c1ccc(CCCC(=O)Nc2ccc(C3CC3CC(=O)OC(C)(C)C)cc2)cc1. The van der Waals surface area contributed by atoms with Crippen molar-refractivity contribution in [3.05, 3.63) is 71.3 Å². The molecule has 0 heterocycles. The van der Waals surface area contributed by atoms with Gasteiger partial charge in [-0.05, 0) is 86.8 Å². The fourth-order valence-electron chi connectivity index (χ4n) is 4.00. The molecule has 3 rings (SSSR count). The molecule has 1 aliphatic carbocycles. The Morgan fingerprint density at radius 2 is 1.71 bits per heavy atom. The number of anilines is 1. The number of ether oxygens (including phenoxy) is 2. The lowest BCUT2D eigenvalue weighted by atomic mass is 10.1. The molecule has 35 heavy (non-hydrogen) atoms. The minimum atomic E-state index is -0.448. The first-order valence-corrected chi connectivity index (χ1v) is 12.1. The van der Waals surface area contributed by atoms with Gasteiger partial charge in [0.1, 0.15) is 5.60 Å². The van der Waals surface area contributed by atoms with Crippen LogP contribution in [0.15, 0.2) is 54.6 Å². The fraction of sp³-hybridized carbons (Fsp3) is 0.414. The average Bonchev–Trinajstić information content (AvgIpc) is 3.56. The third-order valence-electron chi connectivity index (χ3n) is 5.86. The zero-order chi connectivity index (χ0) is 25.4. The molecule has 0 saturated heterocycles. The largest absolute Gasteiger partial charge is 0.466 e. The number of nitrogens with one attached hydrogen (secondary N) is 1. The van der Waals surface area contributed by atoms with Gasteiger partial charge in [0.2, 0.25) is 5.91 Å². The van der Waals surface area contributed by atoms with Crippen LogP contribution in [0.25, 0.3) is 6.08 Å². The summed E-state index contributed by atoms with van der Waals surface area (Å²) in [6.45, 7) is 5.65. The molecule has 2 unspecified atom stereocenters. The Morgan fingerprint density at radius 1 is 1.03 bits per heavy atom. The first kappa shape index (κ1) is 26.2. The van der Waals surface area contributed by atoms with Crippen molar-refractivity contribution >= 4 is 29.6 Å². The Hall–Kier alpha value is -3.41. The summed E-state index contributed by atoms with van der Waals surface area (Å²) in [5.74, 6) is 0.187. The first-order valence-electron chi connectivity index (χ1n) is 12.1. The van der Waals surface area contributed by atoms with Crippen molar-refractivity contribution in [2.75, 3.05) is 12.4 Å². The van der Waals surface area contributed by atoms with Crippen molar-refractivity contribution in [1.29, 1.82) is 0 Å². The van der Waals surface area contributed by atoms with Gasteiger partial charge in [-0.2, -0.15) is 0 Å². The van der Waals surface area contributed by atoms with Crippen LogP contribution < -0.4 is 5.32 Å². The van der Waals surface area contributed by atoms with Crippen LogP contribution in [0, 0.1) is 5.92 Å². The molecule has 0 bridgehead atoms. The van der Waals surface area contributed by atoms with Gasteiger partial charge in [0.15, 0.2) is 0 Å². The van der Waals surface area contributed by atoms with Gasteiger partial charge in [0, 0.05) is 24.6 Å². The molecule has 1 N–H and O–H groups in total. The molecule has 1 aliphatic rings. The summed E-state index contributed by atoms with van der Waals surface area (Å²) in [5, 5.41) is 2.96. The number of carbonyl (C=O) groups is 3. The highest BCUT2D eigenvalue weighted by Gasteiger charge is 2.40. The van der Waals surface area contributed by atoms with Crippen molar-refractivity contribution in [1.82, 2.24) is 0 Å². The number of aryl methyl sites for hydroxylation is 1. The molecule has 1 saturated carbocycles. The fourth-order valence-corrected chi connectivity index (χ4v) is 4.00. The summed E-state index contributed by atoms with van der Waals surface area (Å²) in [5.41, 5.74) is 3.59. The topological polar surface area (TPSA) is 81.7 Å².